The third kappa shape index (κ3) is 3.60. The van der Waals surface area contributed by atoms with Gasteiger partial charge in [0, 0.05) is 10.6 Å². The van der Waals surface area contributed by atoms with Gasteiger partial charge in [-0.25, -0.2) is 0 Å². The van der Waals surface area contributed by atoms with Gasteiger partial charge in [0.2, 0.25) is 0 Å². The Morgan fingerprint density at radius 2 is 1.85 bits per heavy atom. The number of hydrogen-bond acceptors (Lipinski definition) is 1. The number of aryl methyl sites for hydroxylation is 2. The zero-order valence-electron chi connectivity index (χ0n) is 11.3. The molecule has 0 unspecified atom stereocenters. The smallest absolute Gasteiger partial charge is 0.133 e. The summed E-state index contributed by atoms with van der Waals surface area (Å²) in [5.41, 5.74) is 3.84. The topological polar surface area (TPSA) is 9.23 Å². The number of alkyl halides is 2. The zero-order valence-corrected chi connectivity index (χ0v) is 13.6. The van der Waals surface area contributed by atoms with Gasteiger partial charge in [0.1, 0.15) is 17.2 Å². The van der Waals surface area contributed by atoms with Crippen LogP contribution in [0.4, 0.5) is 0 Å². The minimum Gasteiger partial charge on any atom is -0.489 e. The summed E-state index contributed by atoms with van der Waals surface area (Å²) >= 11 is 18.2. The molecule has 0 spiro atoms. The van der Waals surface area contributed by atoms with Crippen LogP contribution < -0.4 is 4.74 Å². The van der Waals surface area contributed by atoms with Crippen LogP contribution in [-0.4, -0.2) is 0 Å². The molecule has 0 radical (unpaired) electrons. The van der Waals surface area contributed by atoms with Crippen molar-refractivity contribution in [2.45, 2.75) is 25.3 Å². The Balaban J connectivity index is 2.25. The van der Waals surface area contributed by atoms with Gasteiger partial charge < -0.3 is 4.74 Å². The van der Waals surface area contributed by atoms with Crippen molar-refractivity contribution in [3.63, 3.8) is 0 Å². The minimum absolute atomic E-state index is 0.342. The van der Waals surface area contributed by atoms with Crippen molar-refractivity contribution in [3.05, 3.63) is 63.7 Å². The fraction of sp³-hybridized carbons (Fsp3) is 0.250. The summed E-state index contributed by atoms with van der Waals surface area (Å²) in [7, 11) is 0. The summed E-state index contributed by atoms with van der Waals surface area (Å²) in [6.07, 6.45) is 0. The molecule has 0 bridgehead atoms. The molecule has 0 aromatic heterocycles. The Labute approximate surface area is 134 Å². The van der Waals surface area contributed by atoms with E-state index in [4.69, 9.17) is 39.5 Å². The molecule has 0 amide bonds. The van der Waals surface area contributed by atoms with Gasteiger partial charge in [-0.05, 0) is 42.7 Å². The first kappa shape index (κ1) is 15.5. The standard InChI is InChI=1S/C16H15Cl3O/c1-10-6-7-11(2)15(8-10)20-9-13-12(16(18)19)4-3-5-14(13)17/h3-8,16H,9H2,1-2H3. The molecule has 0 atom stereocenters. The van der Waals surface area contributed by atoms with E-state index >= 15 is 0 Å². The van der Waals surface area contributed by atoms with E-state index in [1.54, 1.807) is 0 Å². The summed E-state index contributed by atoms with van der Waals surface area (Å²) in [5.74, 6) is 0.844. The van der Waals surface area contributed by atoms with Gasteiger partial charge in [0.25, 0.3) is 0 Å². The van der Waals surface area contributed by atoms with E-state index in [9.17, 15) is 0 Å². The molecular weight excluding hydrogens is 315 g/mol. The van der Waals surface area contributed by atoms with Crippen LogP contribution in [0.1, 0.15) is 27.1 Å². The van der Waals surface area contributed by atoms with Crippen LogP contribution in [0.15, 0.2) is 36.4 Å². The lowest BCUT2D eigenvalue weighted by Gasteiger charge is -2.15. The lowest BCUT2D eigenvalue weighted by atomic mass is 10.1. The van der Waals surface area contributed by atoms with Crippen molar-refractivity contribution >= 4 is 34.8 Å². The molecule has 0 aliphatic carbocycles. The predicted molar refractivity (Wildman–Crippen MR) is 86.1 cm³/mol. The largest absolute Gasteiger partial charge is 0.489 e. The van der Waals surface area contributed by atoms with Crippen molar-refractivity contribution in [1.29, 1.82) is 0 Å². The van der Waals surface area contributed by atoms with Crippen LogP contribution in [0.3, 0.4) is 0 Å². The van der Waals surface area contributed by atoms with E-state index in [2.05, 4.69) is 6.07 Å². The van der Waals surface area contributed by atoms with Gasteiger partial charge >= 0.3 is 0 Å². The molecule has 4 heteroatoms. The number of ether oxygens (including phenoxy) is 1. The van der Waals surface area contributed by atoms with Crippen molar-refractivity contribution < 1.29 is 4.74 Å². The maximum Gasteiger partial charge on any atom is 0.133 e. The predicted octanol–water partition coefficient (Wildman–Crippen LogP) is 6.01. The summed E-state index contributed by atoms with van der Waals surface area (Å²) < 4.78 is 5.87. The SMILES string of the molecule is Cc1ccc(C)c(OCc2c(Cl)cccc2C(Cl)Cl)c1. The van der Waals surface area contributed by atoms with Gasteiger partial charge in [0.15, 0.2) is 0 Å². The Morgan fingerprint density at radius 3 is 2.55 bits per heavy atom. The van der Waals surface area contributed by atoms with Crippen molar-refractivity contribution in [2.24, 2.45) is 0 Å². The summed E-state index contributed by atoms with van der Waals surface area (Å²) in [4.78, 5) is -0.620. The first-order valence-electron chi connectivity index (χ1n) is 6.24. The average Bonchev–Trinajstić information content (AvgIpc) is 2.40. The van der Waals surface area contributed by atoms with E-state index < -0.39 is 4.84 Å². The Hall–Kier alpha value is -0.890. The third-order valence-electron chi connectivity index (χ3n) is 3.11. The first-order chi connectivity index (χ1) is 9.49. The molecule has 0 saturated heterocycles. The molecular formula is C16H15Cl3O. The lowest BCUT2D eigenvalue weighted by molar-refractivity contribution is 0.303. The fourth-order valence-corrected chi connectivity index (χ4v) is 2.59. The molecule has 0 N–H and O–H groups in total. The maximum atomic E-state index is 6.21. The number of rotatable bonds is 4. The number of benzene rings is 2. The summed E-state index contributed by atoms with van der Waals surface area (Å²) in [6, 6.07) is 11.6. The van der Waals surface area contributed by atoms with Crippen LogP contribution in [0.2, 0.25) is 5.02 Å². The molecule has 2 aromatic rings. The second-order valence-corrected chi connectivity index (χ2v) is 6.17. The monoisotopic (exact) mass is 328 g/mol. The van der Waals surface area contributed by atoms with Crippen LogP contribution in [0.5, 0.6) is 5.75 Å². The van der Waals surface area contributed by atoms with Crippen LogP contribution in [-0.2, 0) is 6.61 Å². The molecule has 2 aromatic carbocycles. The molecule has 0 aliphatic heterocycles. The third-order valence-corrected chi connectivity index (χ3v) is 3.93. The number of halogens is 3. The van der Waals surface area contributed by atoms with Gasteiger partial charge in [-0.2, -0.15) is 0 Å². The molecule has 0 heterocycles. The summed E-state index contributed by atoms with van der Waals surface area (Å²) in [5, 5.41) is 0.610. The van der Waals surface area contributed by atoms with E-state index in [-0.39, 0.29) is 0 Å². The Morgan fingerprint density at radius 1 is 1.10 bits per heavy atom. The van der Waals surface area contributed by atoms with Gasteiger partial charge in [-0.3, -0.25) is 0 Å². The molecule has 0 fully saturated rings. The molecule has 20 heavy (non-hydrogen) atoms. The lowest BCUT2D eigenvalue weighted by Crippen LogP contribution is -2.02. The van der Waals surface area contributed by atoms with E-state index in [1.165, 1.54) is 0 Å². The van der Waals surface area contributed by atoms with Crippen molar-refractivity contribution in [1.82, 2.24) is 0 Å². The maximum absolute atomic E-state index is 6.21. The minimum atomic E-state index is -0.620. The van der Waals surface area contributed by atoms with Crippen LogP contribution in [0, 0.1) is 13.8 Å². The normalized spacial score (nSPS) is 10.9. The highest BCUT2D eigenvalue weighted by Crippen LogP contribution is 2.32. The van der Waals surface area contributed by atoms with Gasteiger partial charge in [-0.1, -0.05) is 35.9 Å². The number of hydrogen-bond donors (Lipinski definition) is 0. The van der Waals surface area contributed by atoms with Crippen molar-refractivity contribution in [3.8, 4) is 5.75 Å². The van der Waals surface area contributed by atoms with Crippen LogP contribution in [0.25, 0.3) is 0 Å². The summed E-state index contributed by atoms with van der Waals surface area (Å²) in [6.45, 7) is 4.38. The molecule has 0 saturated carbocycles. The molecule has 1 nitrogen and oxygen atoms in total. The van der Waals surface area contributed by atoms with Gasteiger partial charge in [0.05, 0.1) is 0 Å². The van der Waals surface area contributed by atoms with Crippen LogP contribution >= 0.6 is 34.8 Å². The second-order valence-electron chi connectivity index (χ2n) is 4.67. The molecule has 0 aliphatic rings. The highest BCUT2D eigenvalue weighted by Gasteiger charge is 2.13. The Kier molecular flexibility index (Phi) is 5.20. The molecule has 106 valence electrons. The zero-order chi connectivity index (χ0) is 14.7. The van der Waals surface area contributed by atoms with Crippen molar-refractivity contribution in [2.75, 3.05) is 0 Å². The van der Waals surface area contributed by atoms with E-state index in [0.29, 0.717) is 11.6 Å². The van der Waals surface area contributed by atoms with E-state index in [1.807, 2.05) is 44.2 Å². The second kappa shape index (κ2) is 6.71. The fourth-order valence-electron chi connectivity index (χ4n) is 1.94. The average molecular weight is 330 g/mol. The highest BCUT2D eigenvalue weighted by atomic mass is 35.5. The Bertz CT molecular complexity index is 609. The first-order valence-corrected chi connectivity index (χ1v) is 7.49. The van der Waals surface area contributed by atoms with E-state index in [0.717, 1.165) is 28.0 Å². The highest BCUT2D eigenvalue weighted by molar-refractivity contribution is 6.44. The van der Waals surface area contributed by atoms with Gasteiger partial charge in [-0.15, -0.1) is 23.2 Å². The quantitative estimate of drug-likeness (QED) is 0.624. The molecule has 2 rings (SSSR count).